The summed E-state index contributed by atoms with van der Waals surface area (Å²) in [5.41, 5.74) is 0. The van der Waals surface area contributed by atoms with Crippen molar-refractivity contribution in [3.8, 4) is 5.75 Å². The smallest absolute Gasteiger partial charge is 0.119 e. The molecule has 4 heteroatoms. The highest BCUT2D eigenvalue weighted by Crippen LogP contribution is 2.15. The van der Waals surface area contributed by atoms with E-state index in [0.717, 1.165) is 25.3 Å². The second kappa shape index (κ2) is 8.95. The van der Waals surface area contributed by atoms with Crippen LogP contribution in [0, 0.1) is 0 Å². The minimum Gasteiger partial charge on any atom is -0.491 e. The molecule has 1 N–H and O–H groups in total. The number of likely N-dealkylation sites (tertiary alicyclic amines) is 1. The molecule has 0 aromatic heterocycles. The van der Waals surface area contributed by atoms with Crippen molar-refractivity contribution in [2.75, 3.05) is 39.5 Å². The Kier molecular flexibility index (Phi) is 6.84. The van der Waals surface area contributed by atoms with E-state index in [4.69, 9.17) is 9.47 Å². The van der Waals surface area contributed by atoms with Crippen molar-refractivity contribution < 1.29 is 14.6 Å². The summed E-state index contributed by atoms with van der Waals surface area (Å²) < 4.78 is 11.2. The Morgan fingerprint density at radius 1 is 1.10 bits per heavy atom. The summed E-state index contributed by atoms with van der Waals surface area (Å²) in [6, 6.07) is 10.1. The average molecular weight is 279 g/mol. The molecule has 0 aliphatic carbocycles. The molecule has 1 unspecified atom stereocenters. The topological polar surface area (TPSA) is 41.9 Å². The highest BCUT2D eigenvalue weighted by atomic mass is 16.5. The molecule has 1 aromatic rings. The molecule has 1 aromatic carbocycles. The number of para-hydroxylation sites is 1. The van der Waals surface area contributed by atoms with Gasteiger partial charge in [0, 0.05) is 12.6 Å². The van der Waals surface area contributed by atoms with Gasteiger partial charge in [0.15, 0.2) is 0 Å². The monoisotopic (exact) mass is 279 g/mol. The molecular formula is C16H25NO3. The largest absolute Gasteiger partial charge is 0.491 e. The minimum absolute atomic E-state index is 0.261. The van der Waals surface area contributed by atoms with Crippen LogP contribution in [0.2, 0.25) is 0 Å². The number of nitrogens with zero attached hydrogens (tertiary/aromatic N) is 1. The van der Waals surface area contributed by atoms with Gasteiger partial charge in [-0.15, -0.1) is 0 Å². The van der Waals surface area contributed by atoms with Gasteiger partial charge < -0.3 is 14.6 Å². The summed E-state index contributed by atoms with van der Waals surface area (Å²) in [4.78, 5) is 2.33. The Morgan fingerprint density at radius 2 is 1.95 bits per heavy atom. The third-order valence-corrected chi connectivity index (χ3v) is 3.72. The minimum atomic E-state index is 0.261. The van der Waals surface area contributed by atoms with E-state index < -0.39 is 0 Å². The number of rotatable bonds is 8. The van der Waals surface area contributed by atoms with Gasteiger partial charge in [-0.1, -0.05) is 24.6 Å². The third kappa shape index (κ3) is 5.12. The van der Waals surface area contributed by atoms with Crippen LogP contribution < -0.4 is 4.74 Å². The number of benzene rings is 1. The number of ether oxygens (including phenoxy) is 2. The molecule has 1 atom stereocenters. The van der Waals surface area contributed by atoms with Gasteiger partial charge in [0.2, 0.25) is 0 Å². The summed E-state index contributed by atoms with van der Waals surface area (Å²) in [5, 5.41) is 9.33. The van der Waals surface area contributed by atoms with Gasteiger partial charge in [0.1, 0.15) is 12.4 Å². The van der Waals surface area contributed by atoms with Gasteiger partial charge in [-0.05, 0) is 31.5 Å². The molecular weight excluding hydrogens is 254 g/mol. The van der Waals surface area contributed by atoms with E-state index in [-0.39, 0.29) is 6.61 Å². The molecule has 1 heterocycles. The van der Waals surface area contributed by atoms with Gasteiger partial charge in [0.25, 0.3) is 0 Å². The summed E-state index contributed by atoms with van der Waals surface area (Å²) >= 11 is 0. The average Bonchev–Trinajstić information content (AvgIpc) is 2.52. The zero-order chi connectivity index (χ0) is 14.0. The van der Waals surface area contributed by atoms with Crippen molar-refractivity contribution in [2.24, 2.45) is 0 Å². The van der Waals surface area contributed by atoms with Crippen molar-refractivity contribution in [3.05, 3.63) is 30.3 Å². The van der Waals surface area contributed by atoms with Crippen LogP contribution in [0.4, 0.5) is 0 Å². The molecule has 0 bridgehead atoms. The third-order valence-electron chi connectivity index (χ3n) is 3.72. The lowest BCUT2D eigenvalue weighted by Crippen LogP contribution is -2.43. The number of piperidine rings is 1. The first-order valence-corrected chi connectivity index (χ1v) is 7.50. The van der Waals surface area contributed by atoms with E-state index in [1.54, 1.807) is 0 Å². The lowest BCUT2D eigenvalue weighted by atomic mass is 10.0. The molecule has 0 spiro atoms. The molecule has 112 valence electrons. The summed E-state index contributed by atoms with van der Waals surface area (Å²) in [6.45, 7) is 4.12. The van der Waals surface area contributed by atoms with Gasteiger partial charge in [-0.25, -0.2) is 0 Å². The first kappa shape index (κ1) is 15.3. The van der Waals surface area contributed by atoms with Crippen LogP contribution in [-0.2, 0) is 4.74 Å². The first-order valence-electron chi connectivity index (χ1n) is 7.50. The highest BCUT2D eigenvalue weighted by Gasteiger charge is 2.20. The molecule has 1 saturated heterocycles. The molecule has 0 amide bonds. The van der Waals surface area contributed by atoms with Crippen LogP contribution >= 0.6 is 0 Å². The first-order chi connectivity index (χ1) is 9.90. The lowest BCUT2D eigenvalue weighted by molar-refractivity contribution is 0.0406. The number of hydrogen-bond donors (Lipinski definition) is 1. The van der Waals surface area contributed by atoms with E-state index in [9.17, 15) is 5.11 Å². The standard InChI is InChI=1S/C16H25NO3/c18-14-15-6-4-5-9-17(15)10-11-19-12-13-20-16-7-2-1-3-8-16/h1-3,7-8,15,18H,4-6,9-14H2. The fourth-order valence-corrected chi connectivity index (χ4v) is 2.58. The molecule has 0 saturated carbocycles. The van der Waals surface area contributed by atoms with E-state index >= 15 is 0 Å². The van der Waals surface area contributed by atoms with Crippen molar-refractivity contribution in [1.82, 2.24) is 4.90 Å². The van der Waals surface area contributed by atoms with Crippen LogP contribution in [0.1, 0.15) is 19.3 Å². The van der Waals surface area contributed by atoms with Crippen LogP contribution in [0.5, 0.6) is 5.75 Å². The maximum atomic E-state index is 9.33. The van der Waals surface area contributed by atoms with Crippen molar-refractivity contribution in [1.29, 1.82) is 0 Å². The van der Waals surface area contributed by atoms with Crippen molar-refractivity contribution >= 4 is 0 Å². The molecule has 2 rings (SSSR count). The molecule has 4 nitrogen and oxygen atoms in total. The Balaban J connectivity index is 1.53. The quantitative estimate of drug-likeness (QED) is 0.738. The maximum absolute atomic E-state index is 9.33. The van der Waals surface area contributed by atoms with E-state index in [1.165, 1.54) is 12.8 Å². The fourth-order valence-electron chi connectivity index (χ4n) is 2.58. The molecule has 1 aliphatic rings. The highest BCUT2D eigenvalue weighted by molar-refractivity contribution is 5.20. The predicted octanol–water partition coefficient (Wildman–Crippen LogP) is 1.93. The Hall–Kier alpha value is -1.10. The summed E-state index contributed by atoms with van der Waals surface area (Å²) in [7, 11) is 0. The summed E-state index contributed by atoms with van der Waals surface area (Å²) in [5.74, 6) is 0.882. The van der Waals surface area contributed by atoms with Gasteiger partial charge in [-0.3, -0.25) is 4.90 Å². The molecule has 20 heavy (non-hydrogen) atoms. The zero-order valence-corrected chi connectivity index (χ0v) is 12.0. The molecule has 0 radical (unpaired) electrons. The van der Waals surface area contributed by atoms with Gasteiger partial charge >= 0.3 is 0 Å². The van der Waals surface area contributed by atoms with Crippen molar-refractivity contribution in [2.45, 2.75) is 25.3 Å². The lowest BCUT2D eigenvalue weighted by Gasteiger charge is -2.34. The number of aliphatic hydroxyl groups excluding tert-OH is 1. The molecule has 1 aliphatic heterocycles. The second-order valence-corrected chi connectivity index (χ2v) is 5.14. The van der Waals surface area contributed by atoms with E-state index in [0.29, 0.717) is 25.9 Å². The number of aliphatic hydroxyl groups is 1. The van der Waals surface area contributed by atoms with Gasteiger partial charge in [0.05, 0.1) is 19.8 Å². The van der Waals surface area contributed by atoms with Crippen LogP contribution in [0.3, 0.4) is 0 Å². The van der Waals surface area contributed by atoms with E-state index in [1.807, 2.05) is 30.3 Å². The second-order valence-electron chi connectivity index (χ2n) is 5.14. The van der Waals surface area contributed by atoms with Crippen LogP contribution in [-0.4, -0.2) is 55.6 Å². The van der Waals surface area contributed by atoms with Crippen LogP contribution in [0.25, 0.3) is 0 Å². The Labute approximate surface area is 121 Å². The van der Waals surface area contributed by atoms with Gasteiger partial charge in [-0.2, -0.15) is 0 Å². The Morgan fingerprint density at radius 3 is 2.75 bits per heavy atom. The van der Waals surface area contributed by atoms with E-state index in [2.05, 4.69) is 4.90 Å². The Bertz CT molecular complexity index is 358. The maximum Gasteiger partial charge on any atom is 0.119 e. The summed E-state index contributed by atoms with van der Waals surface area (Å²) in [6.07, 6.45) is 3.56. The van der Waals surface area contributed by atoms with Crippen molar-refractivity contribution in [3.63, 3.8) is 0 Å². The predicted molar refractivity (Wildman–Crippen MR) is 79.1 cm³/mol. The molecule has 1 fully saturated rings. The normalized spacial score (nSPS) is 19.9. The SMILES string of the molecule is OCC1CCCCN1CCOCCOc1ccccc1. The fraction of sp³-hybridized carbons (Fsp3) is 0.625. The zero-order valence-electron chi connectivity index (χ0n) is 12.0. The van der Waals surface area contributed by atoms with Crippen LogP contribution in [0.15, 0.2) is 30.3 Å². The number of hydrogen-bond acceptors (Lipinski definition) is 4.